The second kappa shape index (κ2) is 6.57. The van der Waals surface area contributed by atoms with Crippen molar-refractivity contribution in [1.82, 2.24) is 4.90 Å². The van der Waals surface area contributed by atoms with Crippen LogP contribution < -0.4 is 5.73 Å². The molecule has 2 rings (SSSR count). The highest BCUT2D eigenvalue weighted by atomic mass is 16.4. The molecule has 19 heavy (non-hydrogen) atoms. The predicted molar refractivity (Wildman–Crippen MR) is 74.8 cm³/mol. The molecule has 1 saturated carbocycles. The first-order valence-corrected chi connectivity index (χ1v) is 6.94. The quantitative estimate of drug-likeness (QED) is 0.876. The molecule has 0 spiro atoms. The molecule has 0 aromatic heterocycles. The van der Waals surface area contributed by atoms with Crippen molar-refractivity contribution in [1.29, 1.82) is 0 Å². The minimum atomic E-state index is -0.819. The van der Waals surface area contributed by atoms with Crippen LogP contribution in [0.5, 0.6) is 0 Å². The van der Waals surface area contributed by atoms with Crippen LogP contribution in [-0.4, -0.2) is 28.7 Å². The van der Waals surface area contributed by atoms with Gasteiger partial charge in [-0.1, -0.05) is 30.3 Å². The number of hydrogen-bond acceptors (Lipinski definition) is 2. The van der Waals surface area contributed by atoms with Crippen LogP contribution in [0, 0.1) is 5.92 Å². The summed E-state index contributed by atoms with van der Waals surface area (Å²) in [6, 6.07) is 9.92. The van der Waals surface area contributed by atoms with Gasteiger partial charge in [-0.2, -0.15) is 0 Å². The SMILES string of the molecule is NC[C@H]1CC[C@H](N(Cc2ccccc2)C(=O)O)CC1. The molecule has 0 aliphatic heterocycles. The lowest BCUT2D eigenvalue weighted by atomic mass is 9.85. The topological polar surface area (TPSA) is 66.6 Å². The molecule has 1 aliphatic rings. The van der Waals surface area contributed by atoms with E-state index in [9.17, 15) is 9.90 Å². The summed E-state index contributed by atoms with van der Waals surface area (Å²) < 4.78 is 0. The van der Waals surface area contributed by atoms with Crippen LogP contribution >= 0.6 is 0 Å². The Balaban J connectivity index is 1.99. The highest BCUT2D eigenvalue weighted by Crippen LogP contribution is 2.28. The lowest BCUT2D eigenvalue weighted by molar-refractivity contribution is 0.0997. The van der Waals surface area contributed by atoms with Crippen molar-refractivity contribution < 1.29 is 9.90 Å². The third kappa shape index (κ3) is 3.70. The van der Waals surface area contributed by atoms with Gasteiger partial charge in [0, 0.05) is 12.6 Å². The third-order valence-electron chi connectivity index (χ3n) is 4.03. The Hall–Kier alpha value is -1.55. The maximum Gasteiger partial charge on any atom is 0.407 e. The van der Waals surface area contributed by atoms with Crippen molar-refractivity contribution in [2.24, 2.45) is 11.7 Å². The van der Waals surface area contributed by atoms with Gasteiger partial charge in [-0.05, 0) is 43.7 Å². The molecule has 4 nitrogen and oxygen atoms in total. The van der Waals surface area contributed by atoms with E-state index in [1.807, 2.05) is 30.3 Å². The maximum atomic E-state index is 11.5. The van der Waals surface area contributed by atoms with E-state index in [0.717, 1.165) is 37.8 Å². The van der Waals surface area contributed by atoms with Gasteiger partial charge in [-0.15, -0.1) is 0 Å². The number of carbonyl (C=O) groups is 1. The Morgan fingerprint density at radius 2 is 1.84 bits per heavy atom. The van der Waals surface area contributed by atoms with E-state index in [2.05, 4.69) is 0 Å². The Morgan fingerprint density at radius 3 is 2.37 bits per heavy atom. The number of nitrogens with two attached hydrogens (primary N) is 1. The number of carboxylic acid groups (broad SMARTS) is 1. The van der Waals surface area contributed by atoms with Crippen molar-refractivity contribution in [2.75, 3.05) is 6.54 Å². The van der Waals surface area contributed by atoms with Crippen LogP contribution in [0.15, 0.2) is 30.3 Å². The maximum absolute atomic E-state index is 11.5. The van der Waals surface area contributed by atoms with Gasteiger partial charge in [0.05, 0.1) is 0 Å². The van der Waals surface area contributed by atoms with Crippen LogP contribution in [0.25, 0.3) is 0 Å². The Bertz CT molecular complexity index is 400. The zero-order valence-corrected chi connectivity index (χ0v) is 11.2. The minimum Gasteiger partial charge on any atom is -0.465 e. The summed E-state index contributed by atoms with van der Waals surface area (Å²) in [5.41, 5.74) is 6.73. The van der Waals surface area contributed by atoms with Crippen molar-refractivity contribution in [3.05, 3.63) is 35.9 Å². The normalized spacial score (nSPS) is 23.0. The number of benzene rings is 1. The molecule has 1 aliphatic carbocycles. The van der Waals surface area contributed by atoms with Crippen LogP contribution in [0.2, 0.25) is 0 Å². The lowest BCUT2D eigenvalue weighted by Gasteiger charge is -2.35. The number of rotatable bonds is 4. The highest BCUT2D eigenvalue weighted by molar-refractivity contribution is 5.65. The van der Waals surface area contributed by atoms with Crippen LogP contribution in [0.1, 0.15) is 31.2 Å². The molecule has 0 radical (unpaired) electrons. The molecular weight excluding hydrogens is 240 g/mol. The molecule has 0 unspecified atom stereocenters. The second-order valence-electron chi connectivity index (χ2n) is 5.31. The van der Waals surface area contributed by atoms with Gasteiger partial charge in [0.1, 0.15) is 0 Å². The highest BCUT2D eigenvalue weighted by Gasteiger charge is 2.28. The Kier molecular flexibility index (Phi) is 4.80. The molecule has 0 heterocycles. The number of amides is 1. The van der Waals surface area contributed by atoms with Gasteiger partial charge in [-0.25, -0.2) is 4.79 Å². The molecule has 0 saturated heterocycles. The average molecular weight is 262 g/mol. The standard InChI is InChI=1S/C15H22N2O2/c16-10-12-6-8-14(9-7-12)17(15(18)19)11-13-4-2-1-3-5-13/h1-5,12,14H,6-11,16H2,(H,18,19)/t12-,14-. The predicted octanol–water partition coefficient (Wildman–Crippen LogP) is 2.68. The van der Waals surface area contributed by atoms with E-state index < -0.39 is 6.09 Å². The molecule has 1 amide bonds. The van der Waals surface area contributed by atoms with E-state index in [1.165, 1.54) is 0 Å². The average Bonchev–Trinajstić information content (AvgIpc) is 2.46. The molecule has 1 aromatic rings. The van der Waals surface area contributed by atoms with Gasteiger partial charge in [0.25, 0.3) is 0 Å². The smallest absolute Gasteiger partial charge is 0.407 e. The summed E-state index contributed by atoms with van der Waals surface area (Å²) in [5.74, 6) is 0.573. The molecule has 0 atom stereocenters. The molecule has 0 bridgehead atoms. The van der Waals surface area contributed by atoms with Gasteiger partial charge in [-0.3, -0.25) is 0 Å². The fourth-order valence-electron chi connectivity index (χ4n) is 2.83. The summed E-state index contributed by atoms with van der Waals surface area (Å²) >= 11 is 0. The number of hydrogen-bond donors (Lipinski definition) is 2. The van der Waals surface area contributed by atoms with Crippen molar-refractivity contribution in [2.45, 2.75) is 38.3 Å². The Labute approximate surface area is 114 Å². The van der Waals surface area contributed by atoms with E-state index in [4.69, 9.17) is 5.73 Å². The van der Waals surface area contributed by atoms with Crippen LogP contribution in [0.4, 0.5) is 4.79 Å². The van der Waals surface area contributed by atoms with E-state index >= 15 is 0 Å². The zero-order chi connectivity index (χ0) is 13.7. The van der Waals surface area contributed by atoms with Crippen LogP contribution in [-0.2, 0) is 6.54 Å². The summed E-state index contributed by atoms with van der Waals surface area (Å²) in [6.07, 6.45) is 3.13. The largest absolute Gasteiger partial charge is 0.465 e. The lowest BCUT2D eigenvalue weighted by Crippen LogP contribution is -2.41. The monoisotopic (exact) mass is 262 g/mol. The van der Waals surface area contributed by atoms with E-state index in [-0.39, 0.29) is 6.04 Å². The van der Waals surface area contributed by atoms with E-state index in [1.54, 1.807) is 4.90 Å². The molecule has 3 N–H and O–H groups in total. The molecular formula is C15H22N2O2. The van der Waals surface area contributed by atoms with E-state index in [0.29, 0.717) is 12.5 Å². The van der Waals surface area contributed by atoms with Crippen molar-refractivity contribution in [3.63, 3.8) is 0 Å². The Morgan fingerprint density at radius 1 is 1.21 bits per heavy atom. The van der Waals surface area contributed by atoms with Gasteiger partial charge < -0.3 is 15.7 Å². The zero-order valence-electron chi connectivity index (χ0n) is 11.2. The first-order valence-electron chi connectivity index (χ1n) is 6.94. The van der Waals surface area contributed by atoms with Gasteiger partial charge in [0.2, 0.25) is 0 Å². The molecule has 1 aromatic carbocycles. The first-order chi connectivity index (χ1) is 9.20. The fraction of sp³-hybridized carbons (Fsp3) is 0.533. The number of nitrogens with zero attached hydrogens (tertiary/aromatic N) is 1. The fourth-order valence-corrected chi connectivity index (χ4v) is 2.83. The first kappa shape index (κ1) is 13.9. The summed E-state index contributed by atoms with van der Waals surface area (Å²) in [6.45, 7) is 1.20. The van der Waals surface area contributed by atoms with Gasteiger partial charge >= 0.3 is 6.09 Å². The minimum absolute atomic E-state index is 0.139. The van der Waals surface area contributed by atoms with Crippen molar-refractivity contribution in [3.8, 4) is 0 Å². The summed E-state index contributed by atoms with van der Waals surface area (Å²) in [4.78, 5) is 13.0. The molecule has 4 heteroatoms. The van der Waals surface area contributed by atoms with Crippen molar-refractivity contribution >= 4 is 6.09 Å². The molecule has 104 valence electrons. The van der Waals surface area contributed by atoms with Crippen LogP contribution in [0.3, 0.4) is 0 Å². The molecule has 1 fully saturated rings. The van der Waals surface area contributed by atoms with Gasteiger partial charge in [0.15, 0.2) is 0 Å². The third-order valence-corrected chi connectivity index (χ3v) is 4.03. The summed E-state index contributed by atoms with van der Waals surface area (Å²) in [5, 5.41) is 9.41. The second-order valence-corrected chi connectivity index (χ2v) is 5.31. The summed E-state index contributed by atoms with van der Waals surface area (Å²) in [7, 11) is 0.